The lowest BCUT2D eigenvalue weighted by Gasteiger charge is -2.10. The summed E-state index contributed by atoms with van der Waals surface area (Å²) >= 11 is 2.88. The molecular weight excluding hydrogens is 326 g/mol. The van der Waals surface area contributed by atoms with Gasteiger partial charge in [-0.25, -0.2) is 18.4 Å². The van der Waals surface area contributed by atoms with Crippen LogP contribution in [0.15, 0.2) is 20.0 Å². The van der Waals surface area contributed by atoms with Crippen molar-refractivity contribution in [1.82, 2.24) is 0 Å². The third-order valence-electron chi connectivity index (χ3n) is 2.17. The van der Waals surface area contributed by atoms with Crippen LogP contribution in [0.2, 0.25) is 0 Å². The van der Waals surface area contributed by atoms with Crippen LogP contribution in [0.25, 0.3) is 0 Å². The summed E-state index contributed by atoms with van der Waals surface area (Å²) in [6, 6.07) is 1.04. The van der Waals surface area contributed by atoms with Gasteiger partial charge in [0.05, 0.1) is 6.10 Å². The number of nitrogens with two attached hydrogens (primary N) is 1. The van der Waals surface area contributed by atoms with Crippen molar-refractivity contribution in [3.63, 3.8) is 0 Å². The molecule has 1 aromatic rings. The lowest BCUT2D eigenvalue weighted by atomic mass is 10.2. The van der Waals surface area contributed by atoms with Crippen molar-refractivity contribution in [3.05, 3.63) is 16.5 Å². The van der Waals surface area contributed by atoms with Gasteiger partial charge in [-0.3, -0.25) is 0 Å². The number of primary sulfonamides is 1. The first-order valence-electron chi connectivity index (χ1n) is 5.28. The predicted molar refractivity (Wildman–Crippen MR) is 67.6 cm³/mol. The monoisotopic (exact) mass is 339 g/mol. The number of rotatable bonds is 5. The van der Waals surface area contributed by atoms with Crippen molar-refractivity contribution in [2.24, 2.45) is 5.14 Å². The molecule has 1 aromatic heterocycles. The van der Waals surface area contributed by atoms with Crippen LogP contribution in [0.3, 0.4) is 0 Å². The fraction of sp³-hybridized carbons (Fsp3) is 0.500. The molecule has 6 nitrogen and oxygen atoms in total. The molecular formula is C10H14BrNO5S. The van der Waals surface area contributed by atoms with Gasteiger partial charge >= 0.3 is 5.97 Å². The van der Waals surface area contributed by atoms with E-state index in [0.29, 0.717) is 0 Å². The molecule has 0 aromatic carbocycles. The van der Waals surface area contributed by atoms with Gasteiger partial charge in [0.25, 0.3) is 0 Å². The summed E-state index contributed by atoms with van der Waals surface area (Å²) in [5.41, 5.74) is 0. The highest BCUT2D eigenvalue weighted by atomic mass is 79.9. The van der Waals surface area contributed by atoms with Gasteiger partial charge in [0.1, 0.15) is 4.90 Å². The first kappa shape index (κ1) is 15.2. The van der Waals surface area contributed by atoms with Crippen molar-refractivity contribution in [3.8, 4) is 0 Å². The van der Waals surface area contributed by atoms with Crippen LogP contribution in [0.5, 0.6) is 0 Å². The fourth-order valence-corrected chi connectivity index (χ4v) is 2.86. The second-order valence-corrected chi connectivity index (χ2v) is 6.05. The van der Waals surface area contributed by atoms with E-state index in [2.05, 4.69) is 15.9 Å². The molecule has 0 aliphatic rings. The Morgan fingerprint density at radius 1 is 1.61 bits per heavy atom. The van der Waals surface area contributed by atoms with Gasteiger partial charge in [0.2, 0.25) is 15.8 Å². The SMILES string of the molecule is CCCC(C)OC(=O)c1cc(S(N)(=O)=O)c(Br)o1. The maximum Gasteiger partial charge on any atom is 0.374 e. The number of esters is 1. The van der Waals surface area contributed by atoms with Gasteiger partial charge in [-0.1, -0.05) is 13.3 Å². The quantitative estimate of drug-likeness (QED) is 0.827. The summed E-state index contributed by atoms with van der Waals surface area (Å²) < 4.78 is 32.2. The number of carbonyl (C=O) groups excluding carboxylic acids is 1. The Kier molecular flexibility index (Phi) is 4.94. The van der Waals surface area contributed by atoms with Crippen LogP contribution in [0.4, 0.5) is 0 Å². The minimum absolute atomic E-state index is 0.111. The molecule has 0 amide bonds. The Labute approximate surface area is 114 Å². The summed E-state index contributed by atoms with van der Waals surface area (Å²) in [6.07, 6.45) is 1.33. The number of carbonyl (C=O) groups is 1. The topological polar surface area (TPSA) is 99.6 Å². The average Bonchev–Trinajstić information content (AvgIpc) is 2.60. The van der Waals surface area contributed by atoms with Crippen molar-refractivity contribution in [2.75, 3.05) is 0 Å². The molecule has 0 spiro atoms. The highest BCUT2D eigenvalue weighted by Crippen LogP contribution is 2.25. The van der Waals surface area contributed by atoms with Crippen molar-refractivity contribution in [1.29, 1.82) is 0 Å². The predicted octanol–water partition coefficient (Wildman–Crippen LogP) is 2.03. The highest BCUT2D eigenvalue weighted by Gasteiger charge is 2.23. The Morgan fingerprint density at radius 3 is 2.67 bits per heavy atom. The van der Waals surface area contributed by atoms with E-state index in [1.54, 1.807) is 6.92 Å². The minimum Gasteiger partial charge on any atom is -0.457 e. The summed E-state index contributed by atoms with van der Waals surface area (Å²) in [7, 11) is -3.93. The molecule has 1 heterocycles. The van der Waals surface area contributed by atoms with Crippen LogP contribution in [-0.4, -0.2) is 20.5 Å². The van der Waals surface area contributed by atoms with E-state index in [4.69, 9.17) is 14.3 Å². The molecule has 2 N–H and O–H groups in total. The number of hydrogen-bond acceptors (Lipinski definition) is 5. The summed E-state index contributed by atoms with van der Waals surface area (Å²) in [6.45, 7) is 3.72. The first-order valence-corrected chi connectivity index (χ1v) is 7.62. The van der Waals surface area contributed by atoms with Gasteiger partial charge in [-0.2, -0.15) is 0 Å². The second-order valence-electron chi connectivity index (χ2n) is 3.80. The highest BCUT2D eigenvalue weighted by molar-refractivity contribution is 9.10. The molecule has 0 bridgehead atoms. The lowest BCUT2D eigenvalue weighted by Crippen LogP contribution is -2.14. The molecule has 18 heavy (non-hydrogen) atoms. The van der Waals surface area contributed by atoms with E-state index >= 15 is 0 Å². The molecule has 102 valence electrons. The second kappa shape index (κ2) is 5.85. The third kappa shape index (κ3) is 3.82. The normalized spacial score (nSPS) is 13.3. The van der Waals surface area contributed by atoms with Crippen LogP contribution in [-0.2, 0) is 14.8 Å². The maximum atomic E-state index is 11.6. The zero-order chi connectivity index (χ0) is 13.9. The molecule has 0 aliphatic heterocycles. The Hall–Kier alpha value is -0.860. The van der Waals surface area contributed by atoms with Crippen LogP contribution >= 0.6 is 15.9 Å². The molecule has 1 unspecified atom stereocenters. The average molecular weight is 340 g/mol. The number of sulfonamides is 1. The van der Waals surface area contributed by atoms with Crippen LogP contribution in [0, 0.1) is 0 Å². The number of halogens is 1. The van der Waals surface area contributed by atoms with Crippen molar-refractivity contribution >= 4 is 31.9 Å². The zero-order valence-corrected chi connectivity index (χ0v) is 12.4. The number of hydrogen-bond donors (Lipinski definition) is 1. The summed E-state index contributed by atoms with van der Waals surface area (Å²) in [5, 5.41) is 4.95. The first-order chi connectivity index (χ1) is 8.25. The Morgan fingerprint density at radius 2 is 2.22 bits per heavy atom. The van der Waals surface area contributed by atoms with Gasteiger partial charge in [0, 0.05) is 6.07 Å². The molecule has 1 atom stereocenters. The Bertz CT molecular complexity index is 536. The van der Waals surface area contributed by atoms with Gasteiger partial charge in [0.15, 0.2) is 4.67 Å². The summed E-state index contributed by atoms with van der Waals surface area (Å²) in [5.74, 6) is -0.916. The number of ether oxygens (including phenoxy) is 1. The van der Waals surface area contributed by atoms with E-state index in [1.165, 1.54) is 0 Å². The van der Waals surface area contributed by atoms with E-state index in [9.17, 15) is 13.2 Å². The molecule has 0 fully saturated rings. The maximum absolute atomic E-state index is 11.6. The third-order valence-corrected chi connectivity index (χ3v) is 3.93. The molecule has 0 radical (unpaired) electrons. The molecule has 0 saturated carbocycles. The smallest absolute Gasteiger partial charge is 0.374 e. The zero-order valence-electron chi connectivity index (χ0n) is 9.97. The van der Waals surface area contributed by atoms with Gasteiger partial charge in [-0.05, 0) is 29.3 Å². The molecule has 0 saturated heterocycles. The van der Waals surface area contributed by atoms with E-state index in [-0.39, 0.29) is 21.4 Å². The van der Waals surface area contributed by atoms with Gasteiger partial charge in [-0.15, -0.1) is 0 Å². The standard InChI is InChI=1S/C10H14BrNO5S/c1-3-4-6(2)16-10(13)7-5-8(9(11)17-7)18(12,14)15/h5-6H,3-4H2,1-2H3,(H2,12,14,15). The van der Waals surface area contributed by atoms with E-state index < -0.39 is 16.0 Å². The van der Waals surface area contributed by atoms with Gasteiger partial charge < -0.3 is 9.15 Å². The van der Waals surface area contributed by atoms with Crippen molar-refractivity contribution < 1.29 is 22.4 Å². The summed E-state index contributed by atoms with van der Waals surface area (Å²) in [4.78, 5) is 11.4. The molecule has 0 aliphatic carbocycles. The lowest BCUT2D eigenvalue weighted by molar-refractivity contribution is 0.0286. The van der Waals surface area contributed by atoms with Crippen molar-refractivity contribution in [2.45, 2.75) is 37.7 Å². The molecule has 8 heteroatoms. The Balaban J connectivity index is 2.89. The largest absolute Gasteiger partial charge is 0.457 e. The van der Waals surface area contributed by atoms with Crippen LogP contribution in [0.1, 0.15) is 37.2 Å². The minimum atomic E-state index is -3.93. The van der Waals surface area contributed by atoms with Crippen LogP contribution < -0.4 is 5.14 Å². The van der Waals surface area contributed by atoms with E-state index in [0.717, 1.165) is 18.9 Å². The fourth-order valence-electron chi connectivity index (χ4n) is 1.35. The number of furan rings is 1. The van der Waals surface area contributed by atoms with E-state index in [1.807, 2.05) is 6.92 Å². The molecule has 1 rings (SSSR count).